The third-order valence-corrected chi connectivity index (χ3v) is 11.2. The predicted octanol–water partition coefficient (Wildman–Crippen LogP) is 13.1. The second kappa shape index (κ2) is 11.5. The van der Waals surface area contributed by atoms with Gasteiger partial charge in [0.15, 0.2) is 0 Å². The monoisotopic (exact) mass is 655 g/mol. The van der Waals surface area contributed by atoms with Gasteiger partial charge in [0, 0.05) is 38.7 Å². The summed E-state index contributed by atoms with van der Waals surface area (Å²) in [6.07, 6.45) is 17.5. The highest BCUT2D eigenvalue weighted by atomic mass is 16.3. The highest BCUT2D eigenvalue weighted by Gasteiger charge is 2.36. The average molecular weight is 656 g/mol. The second-order valence-electron chi connectivity index (χ2n) is 14.4. The molecular formula is C49H37NO. The van der Waals surface area contributed by atoms with Crippen LogP contribution < -0.4 is 4.90 Å². The first-order valence-corrected chi connectivity index (χ1v) is 18.0. The minimum Gasteiger partial charge on any atom is -0.456 e. The first-order valence-electron chi connectivity index (χ1n) is 18.0. The van der Waals surface area contributed by atoms with Crippen LogP contribution in [0.3, 0.4) is 0 Å². The Bertz CT molecular complexity index is 2730. The smallest absolute Gasteiger partial charge is 0.139 e. The lowest BCUT2D eigenvalue weighted by Crippen LogP contribution is -2.18. The number of anilines is 2. The fourth-order valence-electron chi connectivity index (χ4n) is 8.64. The Labute approximate surface area is 298 Å². The van der Waals surface area contributed by atoms with Crippen molar-refractivity contribution in [2.45, 2.75) is 32.1 Å². The van der Waals surface area contributed by atoms with Crippen LogP contribution in [0.25, 0.3) is 49.2 Å². The van der Waals surface area contributed by atoms with Crippen LogP contribution in [0.1, 0.15) is 42.7 Å². The molecule has 0 saturated heterocycles. The van der Waals surface area contributed by atoms with Crippen molar-refractivity contribution in [3.63, 3.8) is 0 Å². The van der Waals surface area contributed by atoms with Gasteiger partial charge in [-0.1, -0.05) is 141 Å². The number of rotatable bonds is 4. The summed E-state index contributed by atoms with van der Waals surface area (Å²) < 4.78 is 6.56. The van der Waals surface area contributed by atoms with Gasteiger partial charge in [0.25, 0.3) is 0 Å². The molecule has 51 heavy (non-hydrogen) atoms. The maximum absolute atomic E-state index is 6.56. The second-order valence-corrected chi connectivity index (χ2v) is 14.4. The number of hydrogen-bond donors (Lipinski definition) is 0. The predicted molar refractivity (Wildman–Crippen MR) is 215 cm³/mol. The Balaban J connectivity index is 1.16. The number of allylic oxidation sites excluding steroid dienone is 9. The summed E-state index contributed by atoms with van der Waals surface area (Å²) >= 11 is 0. The summed E-state index contributed by atoms with van der Waals surface area (Å²) in [7, 11) is 0. The maximum atomic E-state index is 6.56. The van der Waals surface area contributed by atoms with Crippen molar-refractivity contribution in [2.75, 3.05) is 4.90 Å². The Kier molecular flexibility index (Phi) is 6.69. The van der Waals surface area contributed by atoms with E-state index in [-0.39, 0.29) is 5.41 Å². The molecule has 0 saturated carbocycles. The van der Waals surface area contributed by atoms with Gasteiger partial charge in [0.2, 0.25) is 0 Å². The van der Waals surface area contributed by atoms with Crippen LogP contribution >= 0.6 is 0 Å². The molecule has 0 fully saturated rings. The maximum Gasteiger partial charge on any atom is 0.139 e. The van der Waals surface area contributed by atoms with E-state index in [0.717, 1.165) is 46.8 Å². The zero-order valence-corrected chi connectivity index (χ0v) is 28.9. The van der Waals surface area contributed by atoms with Crippen molar-refractivity contribution >= 4 is 49.5 Å². The van der Waals surface area contributed by atoms with Gasteiger partial charge >= 0.3 is 0 Å². The number of nitrogens with zero attached hydrogens (tertiary/aromatic N) is 1. The van der Waals surface area contributed by atoms with Crippen LogP contribution in [-0.2, 0) is 11.8 Å². The highest BCUT2D eigenvalue weighted by Crippen LogP contribution is 2.51. The molecule has 2 nitrogen and oxygen atoms in total. The lowest BCUT2D eigenvalue weighted by molar-refractivity contribution is 0.596. The summed E-state index contributed by atoms with van der Waals surface area (Å²) in [5.41, 5.74) is 13.3. The molecule has 0 atom stereocenters. The Morgan fingerprint density at radius 3 is 2.35 bits per heavy atom. The van der Waals surface area contributed by atoms with Gasteiger partial charge in [0.1, 0.15) is 11.3 Å². The molecule has 1 aromatic heterocycles. The summed E-state index contributed by atoms with van der Waals surface area (Å²) in [5, 5.41) is 6.20. The topological polar surface area (TPSA) is 16.4 Å². The van der Waals surface area contributed by atoms with E-state index < -0.39 is 0 Å². The van der Waals surface area contributed by atoms with E-state index in [0.29, 0.717) is 0 Å². The van der Waals surface area contributed by atoms with Crippen LogP contribution in [0.15, 0.2) is 180 Å². The lowest BCUT2D eigenvalue weighted by atomic mass is 9.82. The molecule has 0 aliphatic heterocycles. The molecule has 10 rings (SSSR count). The first kappa shape index (κ1) is 29.8. The Hall–Kier alpha value is -6.12. The number of fused-ring (bicyclic) bond motifs is 9. The normalized spacial score (nSPS) is 15.8. The van der Waals surface area contributed by atoms with Crippen LogP contribution in [0.4, 0.5) is 11.4 Å². The molecule has 0 bridgehead atoms. The zero-order chi connectivity index (χ0) is 34.1. The number of furan rings is 1. The number of para-hydroxylation sites is 1. The number of benzene rings is 6. The van der Waals surface area contributed by atoms with Crippen molar-refractivity contribution in [1.29, 1.82) is 0 Å². The van der Waals surface area contributed by atoms with Gasteiger partial charge in [-0.25, -0.2) is 0 Å². The van der Waals surface area contributed by atoms with Gasteiger partial charge in [-0.05, 0) is 93.2 Å². The third kappa shape index (κ3) is 4.63. The van der Waals surface area contributed by atoms with Crippen LogP contribution in [-0.4, -0.2) is 0 Å². The molecule has 3 aliphatic rings. The van der Waals surface area contributed by atoms with Crippen molar-refractivity contribution in [3.8, 4) is 11.1 Å². The lowest BCUT2D eigenvalue weighted by Gasteiger charge is -2.29. The molecule has 2 heteroatoms. The minimum absolute atomic E-state index is 0.104. The van der Waals surface area contributed by atoms with Gasteiger partial charge in [0.05, 0.1) is 5.69 Å². The van der Waals surface area contributed by atoms with Crippen molar-refractivity contribution < 1.29 is 4.42 Å². The summed E-state index contributed by atoms with van der Waals surface area (Å²) in [4.78, 5) is 2.46. The van der Waals surface area contributed by atoms with Gasteiger partial charge in [-0.2, -0.15) is 0 Å². The van der Waals surface area contributed by atoms with Crippen molar-refractivity contribution in [3.05, 3.63) is 198 Å². The molecule has 0 spiro atoms. The molecule has 244 valence electrons. The fraction of sp³-hybridized carbons (Fsp3) is 0.102. The molecule has 0 N–H and O–H groups in total. The summed E-state index contributed by atoms with van der Waals surface area (Å²) in [6.45, 7) is 4.72. The quantitative estimate of drug-likeness (QED) is 0.175. The van der Waals surface area contributed by atoms with Gasteiger partial charge < -0.3 is 9.32 Å². The molecule has 0 radical (unpaired) electrons. The van der Waals surface area contributed by atoms with E-state index in [1.54, 1.807) is 0 Å². The molecular weight excluding hydrogens is 619 g/mol. The largest absolute Gasteiger partial charge is 0.456 e. The summed E-state index contributed by atoms with van der Waals surface area (Å²) in [5.74, 6) is 0.982. The summed E-state index contributed by atoms with van der Waals surface area (Å²) in [6, 6.07) is 44.3. The van der Waals surface area contributed by atoms with Crippen LogP contribution in [0.2, 0.25) is 0 Å². The fourth-order valence-corrected chi connectivity index (χ4v) is 8.64. The molecule has 0 amide bonds. The van der Waals surface area contributed by atoms with Crippen LogP contribution in [0, 0.1) is 0 Å². The minimum atomic E-state index is -0.104. The van der Waals surface area contributed by atoms with E-state index in [2.05, 4.69) is 183 Å². The first-order chi connectivity index (χ1) is 25.1. The van der Waals surface area contributed by atoms with Gasteiger partial charge in [-0.15, -0.1) is 0 Å². The van der Waals surface area contributed by atoms with E-state index in [1.807, 2.05) is 0 Å². The van der Waals surface area contributed by atoms with Gasteiger partial charge in [-0.3, -0.25) is 0 Å². The van der Waals surface area contributed by atoms with E-state index >= 15 is 0 Å². The Morgan fingerprint density at radius 1 is 0.608 bits per heavy atom. The molecule has 6 aromatic carbocycles. The Morgan fingerprint density at radius 2 is 1.41 bits per heavy atom. The average Bonchev–Trinajstić information content (AvgIpc) is 3.38. The van der Waals surface area contributed by atoms with Crippen LogP contribution in [0.5, 0.6) is 0 Å². The molecule has 7 aromatic rings. The molecule has 3 aliphatic carbocycles. The number of hydrogen-bond acceptors (Lipinski definition) is 2. The SMILES string of the molecule is CC1(C)c2ccccc2-c2ccc(N(C3=CC=C(C4=CC=CCc5c4oc4ccccc54)CC=C3)c3cccc4c3ccc3ccccc34)cc21. The van der Waals surface area contributed by atoms with Crippen molar-refractivity contribution in [1.82, 2.24) is 0 Å². The van der Waals surface area contributed by atoms with E-state index in [1.165, 1.54) is 60.3 Å². The van der Waals surface area contributed by atoms with E-state index in [9.17, 15) is 0 Å². The molecule has 0 unspecified atom stereocenters. The third-order valence-electron chi connectivity index (χ3n) is 11.2. The standard InChI is InChI=1S/C49H37NO/c1-49(2)44-22-9-7-18-39(44)40-30-28-35(31-45(40)49)50(46-23-12-21-38-36-16-4-3-13-32(36)26-29-41(38)46)34-15-11-14-33(25-27-34)37-17-5-6-20-43-42-19-8-10-24-47(42)51-48(37)43/h3-13,15-19,21-31H,14,20H2,1-2H3. The van der Waals surface area contributed by atoms with Crippen molar-refractivity contribution in [2.24, 2.45) is 0 Å². The highest BCUT2D eigenvalue weighted by molar-refractivity contribution is 6.12. The molecule has 1 heterocycles. The zero-order valence-electron chi connectivity index (χ0n) is 28.9. The van der Waals surface area contributed by atoms with E-state index in [4.69, 9.17) is 4.42 Å².